The number of anilines is 1. The summed E-state index contributed by atoms with van der Waals surface area (Å²) in [5, 5.41) is 0. The zero-order valence-electron chi connectivity index (χ0n) is 16.0. The lowest BCUT2D eigenvalue weighted by atomic mass is 10.00. The van der Waals surface area contributed by atoms with E-state index in [9.17, 15) is 4.79 Å². The molecule has 1 aromatic heterocycles. The Morgan fingerprint density at radius 1 is 1.19 bits per heavy atom. The van der Waals surface area contributed by atoms with Crippen molar-refractivity contribution in [3.63, 3.8) is 0 Å². The van der Waals surface area contributed by atoms with Crippen LogP contribution in [0.25, 0.3) is 0 Å². The van der Waals surface area contributed by atoms with Crippen LogP contribution in [-0.2, 0) is 6.54 Å². The normalized spacial score (nSPS) is 15.1. The van der Waals surface area contributed by atoms with Gasteiger partial charge in [-0.25, -0.2) is 9.97 Å². The first-order valence-electron chi connectivity index (χ1n) is 9.50. The molecule has 1 fully saturated rings. The van der Waals surface area contributed by atoms with Crippen molar-refractivity contribution in [1.29, 1.82) is 0 Å². The second-order valence-corrected chi connectivity index (χ2v) is 7.17. The zero-order valence-corrected chi connectivity index (χ0v) is 16.0. The van der Waals surface area contributed by atoms with E-state index in [4.69, 9.17) is 0 Å². The lowest BCUT2D eigenvalue weighted by molar-refractivity contribution is 0.0746. The number of aromatic nitrogens is 2. The van der Waals surface area contributed by atoms with Gasteiger partial charge in [0, 0.05) is 31.9 Å². The van der Waals surface area contributed by atoms with Crippen molar-refractivity contribution in [3.05, 3.63) is 53.3 Å². The molecule has 0 saturated carbocycles. The summed E-state index contributed by atoms with van der Waals surface area (Å²) < 4.78 is 0. The summed E-state index contributed by atoms with van der Waals surface area (Å²) in [7, 11) is 0. The van der Waals surface area contributed by atoms with Gasteiger partial charge >= 0.3 is 0 Å². The Kier molecular flexibility index (Phi) is 5.86. The number of aryl methyl sites for hydroxylation is 1. The standard InChI is InChI=1S/C21H28N4O/c1-4-24(15-18-8-6-5-7-9-18)20(26)19-14-17(3)22-21(23-19)25-12-10-16(2)11-13-25/h5-9,14,16H,4,10-13,15H2,1-3H3. The lowest BCUT2D eigenvalue weighted by Gasteiger charge is -2.30. The highest BCUT2D eigenvalue weighted by Gasteiger charge is 2.22. The highest BCUT2D eigenvalue weighted by Crippen LogP contribution is 2.21. The second-order valence-electron chi connectivity index (χ2n) is 7.17. The molecule has 1 aliphatic heterocycles. The second kappa shape index (κ2) is 8.30. The van der Waals surface area contributed by atoms with E-state index in [1.54, 1.807) is 6.07 Å². The van der Waals surface area contributed by atoms with Crippen LogP contribution in [0.5, 0.6) is 0 Å². The number of benzene rings is 1. The van der Waals surface area contributed by atoms with E-state index in [1.807, 2.05) is 49.1 Å². The Hall–Kier alpha value is -2.43. The van der Waals surface area contributed by atoms with Crippen molar-refractivity contribution in [2.45, 2.75) is 40.2 Å². The molecule has 1 amide bonds. The number of carbonyl (C=O) groups is 1. The van der Waals surface area contributed by atoms with E-state index < -0.39 is 0 Å². The Morgan fingerprint density at radius 2 is 1.88 bits per heavy atom. The Balaban J connectivity index is 1.79. The molecule has 1 aliphatic rings. The molecule has 1 aromatic carbocycles. The summed E-state index contributed by atoms with van der Waals surface area (Å²) in [6.07, 6.45) is 2.30. The Morgan fingerprint density at radius 3 is 2.54 bits per heavy atom. The summed E-state index contributed by atoms with van der Waals surface area (Å²) >= 11 is 0. The SMILES string of the molecule is CCN(Cc1ccccc1)C(=O)c1cc(C)nc(N2CCC(C)CC2)n1. The summed E-state index contributed by atoms with van der Waals surface area (Å²) in [5.74, 6) is 1.41. The van der Waals surface area contributed by atoms with Gasteiger partial charge in [0.25, 0.3) is 5.91 Å². The molecule has 0 atom stereocenters. The molecule has 2 aromatic rings. The minimum Gasteiger partial charge on any atom is -0.341 e. The first kappa shape index (κ1) is 18.4. The minimum atomic E-state index is -0.0338. The van der Waals surface area contributed by atoms with Crippen LogP contribution < -0.4 is 4.90 Å². The van der Waals surface area contributed by atoms with Crippen molar-refractivity contribution in [3.8, 4) is 0 Å². The van der Waals surface area contributed by atoms with E-state index in [-0.39, 0.29) is 5.91 Å². The van der Waals surface area contributed by atoms with Crippen LogP contribution >= 0.6 is 0 Å². The van der Waals surface area contributed by atoms with Gasteiger partial charge in [0.1, 0.15) is 5.69 Å². The van der Waals surface area contributed by atoms with Gasteiger partial charge in [0.05, 0.1) is 0 Å². The van der Waals surface area contributed by atoms with Crippen molar-refractivity contribution in [2.75, 3.05) is 24.5 Å². The molecule has 5 nitrogen and oxygen atoms in total. The van der Waals surface area contributed by atoms with Crippen molar-refractivity contribution in [2.24, 2.45) is 5.92 Å². The van der Waals surface area contributed by atoms with Gasteiger partial charge in [0.2, 0.25) is 5.95 Å². The van der Waals surface area contributed by atoms with Gasteiger partial charge in [0.15, 0.2) is 0 Å². The average molecular weight is 352 g/mol. The van der Waals surface area contributed by atoms with Gasteiger partial charge in [-0.15, -0.1) is 0 Å². The fourth-order valence-corrected chi connectivity index (χ4v) is 3.31. The van der Waals surface area contributed by atoms with Crippen LogP contribution in [0.4, 0.5) is 5.95 Å². The summed E-state index contributed by atoms with van der Waals surface area (Å²) in [6, 6.07) is 11.9. The van der Waals surface area contributed by atoms with E-state index >= 15 is 0 Å². The maximum atomic E-state index is 13.0. The third-order valence-electron chi connectivity index (χ3n) is 5.01. The molecule has 0 bridgehead atoms. The van der Waals surface area contributed by atoms with Crippen LogP contribution in [0.3, 0.4) is 0 Å². The van der Waals surface area contributed by atoms with E-state index in [1.165, 1.54) is 0 Å². The molecule has 3 rings (SSSR count). The number of carbonyl (C=O) groups excluding carboxylic acids is 1. The molecule has 0 N–H and O–H groups in total. The largest absolute Gasteiger partial charge is 0.341 e. The number of rotatable bonds is 5. The number of hydrogen-bond acceptors (Lipinski definition) is 4. The fourth-order valence-electron chi connectivity index (χ4n) is 3.31. The monoisotopic (exact) mass is 352 g/mol. The van der Waals surface area contributed by atoms with E-state index in [2.05, 4.69) is 21.8 Å². The molecule has 0 spiro atoms. The van der Waals surface area contributed by atoms with Crippen LogP contribution in [0.1, 0.15) is 48.4 Å². The number of piperidine rings is 1. The van der Waals surface area contributed by atoms with Crippen molar-refractivity contribution >= 4 is 11.9 Å². The highest BCUT2D eigenvalue weighted by molar-refractivity contribution is 5.92. The Labute approximate surface area is 156 Å². The predicted octanol–water partition coefficient (Wildman–Crippen LogP) is 3.68. The molecular weight excluding hydrogens is 324 g/mol. The average Bonchev–Trinajstić information content (AvgIpc) is 2.66. The van der Waals surface area contributed by atoms with E-state index in [0.717, 1.165) is 43.1 Å². The molecule has 138 valence electrons. The van der Waals surface area contributed by atoms with Gasteiger partial charge < -0.3 is 9.80 Å². The quantitative estimate of drug-likeness (QED) is 0.823. The molecular formula is C21H28N4O. The molecule has 2 heterocycles. The summed E-state index contributed by atoms with van der Waals surface area (Å²) in [6.45, 7) is 9.37. The van der Waals surface area contributed by atoms with Crippen LogP contribution in [-0.4, -0.2) is 40.4 Å². The van der Waals surface area contributed by atoms with Crippen LogP contribution in [0, 0.1) is 12.8 Å². The summed E-state index contributed by atoms with van der Waals surface area (Å²) in [5.41, 5.74) is 2.45. The summed E-state index contributed by atoms with van der Waals surface area (Å²) in [4.78, 5) is 26.3. The van der Waals surface area contributed by atoms with Gasteiger partial charge in [-0.2, -0.15) is 0 Å². The topological polar surface area (TPSA) is 49.3 Å². The number of hydrogen-bond donors (Lipinski definition) is 0. The molecule has 26 heavy (non-hydrogen) atoms. The highest BCUT2D eigenvalue weighted by atomic mass is 16.2. The van der Waals surface area contributed by atoms with Crippen molar-refractivity contribution < 1.29 is 4.79 Å². The first-order valence-corrected chi connectivity index (χ1v) is 9.50. The molecule has 0 aliphatic carbocycles. The zero-order chi connectivity index (χ0) is 18.5. The predicted molar refractivity (Wildman–Crippen MR) is 104 cm³/mol. The maximum Gasteiger partial charge on any atom is 0.272 e. The van der Waals surface area contributed by atoms with Gasteiger partial charge in [-0.1, -0.05) is 37.3 Å². The fraction of sp³-hybridized carbons (Fsp3) is 0.476. The molecule has 0 radical (unpaired) electrons. The smallest absolute Gasteiger partial charge is 0.272 e. The maximum absolute atomic E-state index is 13.0. The minimum absolute atomic E-state index is 0.0338. The Bertz CT molecular complexity index is 739. The van der Waals surface area contributed by atoms with Crippen LogP contribution in [0.2, 0.25) is 0 Å². The molecule has 1 saturated heterocycles. The molecule has 0 unspecified atom stereocenters. The third-order valence-corrected chi connectivity index (χ3v) is 5.01. The van der Waals surface area contributed by atoms with E-state index in [0.29, 0.717) is 24.7 Å². The first-order chi connectivity index (χ1) is 12.6. The van der Waals surface area contributed by atoms with Crippen LogP contribution in [0.15, 0.2) is 36.4 Å². The number of nitrogens with zero attached hydrogens (tertiary/aromatic N) is 4. The third kappa shape index (κ3) is 4.40. The lowest BCUT2D eigenvalue weighted by Crippen LogP contribution is -2.35. The van der Waals surface area contributed by atoms with Gasteiger partial charge in [-0.05, 0) is 44.2 Å². The van der Waals surface area contributed by atoms with Crippen molar-refractivity contribution in [1.82, 2.24) is 14.9 Å². The van der Waals surface area contributed by atoms with Gasteiger partial charge in [-0.3, -0.25) is 4.79 Å². The molecule has 5 heteroatoms. The number of amides is 1.